The number of likely N-dealkylation sites (N-methyl/N-ethyl adjacent to an activating group) is 1. The summed E-state index contributed by atoms with van der Waals surface area (Å²) in [6.07, 6.45) is 0.806. The van der Waals surface area contributed by atoms with Crippen LogP contribution in [0.3, 0.4) is 0 Å². The largest absolute Gasteiger partial charge is 0.341 e. The molecule has 0 saturated carbocycles. The Labute approximate surface area is 147 Å². The van der Waals surface area contributed by atoms with Crippen LogP contribution in [0, 0.1) is 11.7 Å². The fraction of sp³-hybridized carbons (Fsp3) is 0.556. The number of fused-ring (bicyclic) bond motifs is 1. The molecule has 2 heterocycles. The molecule has 136 valence electrons. The molecule has 2 amide bonds. The van der Waals surface area contributed by atoms with Crippen molar-refractivity contribution in [2.45, 2.75) is 19.4 Å². The Morgan fingerprint density at radius 3 is 3.00 bits per heavy atom. The van der Waals surface area contributed by atoms with E-state index in [1.54, 1.807) is 11.0 Å². The van der Waals surface area contributed by atoms with Gasteiger partial charge >= 0.3 is 0 Å². The standard InChI is InChI=1S/C18H25FN4O2/c1-22(2)7-8-23-11-13(9-16(23)24)18(25)21-15-4-3-12-10-20-6-5-14(12)17(15)19/h3-4,13,20H,5-11H2,1-2H3,(H,21,25). The molecule has 25 heavy (non-hydrogen) atoms. The minimum absolute atomic E-state index is 0.0148. The molecule has 1 aromatic carbocycles. The minimum atomic E-state index is -0.424. The molecule has 7 heteroatoms. The van der Waals surface area contributed by atoms with Gasteiger partial charge in [-0.15, -0.1) is 0 Å². The summed E-state index contributed by atoms with van der Waals surface area (Å²) in [5.74, 6) is -1.07. The highest BCUT2D eigenvalue weighted by molar-refractivity contribution is 5.97. The number of benzene rings is 1. The van der Waals surface area contributed by atoms with E-state index in [1.165, 1.54) is 0 Å². The van der Waals surface area contributed by atoms with Crippen LogP contribution in [0.4, 0.5) is 10.1 Å². The second kappa shape index (κ2) is 7.49. The van der Waals surface area contributed by atoms with Crippen LogP contribution in [0.1, 0.15) is 17.5 Å². The first-order valence-electron chi connectivity index (χ1n) is 8.70. The molecule has 2 N–H and O–H groups in total. The number of nitrogens with one attached hydrogen (secondary N) is 2. The lowest BCUT2D eigenvalue weighted by Gasteiger charge is -2.20. The molecule has 1 atom stereocenters. The lowest BCUT2D eigenvalue weighted by molar-refractivity contribution is -0.128. The molecule has 6 nitrogen and oxygen atoms in total. The molecule has 1 saturated heterocycles. The van der Waals surface area contributed by atoms with Crippen molar-refractivity contribution < 1.29 is 14.0 Å². The zero-order chi connectivity index (χ0) is 18.0. The van der Waals surface area contributed by atoms with Gasteiger partial charge in [0.2, 0.25) is 11.8 Å². The lowest BCUT2D eigenvalue weighted by Crippen LogP contribution is -2.34. The number of rotatable bonds is 5. The maximum Gasteiger partial charge on any atom is 0.229 e. The van der Waals surface area contributed by atoms with Crippen LogP contribution in [0.15, 0.2) is 12.1 Å². The fourth-order valence-corrected chi connectivity index (χ4v) is 3.35. The number of amides is 2. The summed E-state index contributed by atoms with van der Waals surface area (Å²) in [7, 11) is 3.89. The summed E-state index contributed by atoms with van der Waals surface area (Å²) in [4.78, 5) is 28.2. The van der Waals surface area contributed by atoms with Gasteiger partial charge in [-0.3, -0.25) is 9.59 Å². The van der Waals surface area contributed by atoms with Crippen molar-refractivity contribution in [2.24, 2.45) is 5.92 Å². The summed E-state index contributed by atoms with van der Waals surface area (Å²) in [6.45, 7) is 3.15. The third kappa shape index (κ3) is 3.99. The molecule has 0 radical (unpaired) electrons. The number of hydrogen-bond acceptors (Lipinski definition) is 4. The van der Waals surface area contributed by atoms with Gasteiger partial charge < -0.3 is 20.4 Å². The summed E-state index contributed by atoms with van der Waals surface area (Å²) >= 11 is 0. The predicted molar refractivity (Wildman–Crippen MR) is 93.7 cm³/mol. The van der Waals surface area contributed by atoms with Crippen molar-refractivity contribution in [1.29, 1.82) is 0 Å². The number of carbonyl (C=O) groups is 2. The van der Waals surface area contributed by atoms with Gasteiger partial charge in [-0.25, -0.2) is 4.39 Å². The van der Waals surface area contributed by atoms with E-state index in [9.17, 15) is 14.0 Å². The van der Waals surface area contributed by atoms with E-state index in [1.807, 2.05) is 25.1 Å². The quantitative estimate of drug-likeness (QED) is 0.827. The molecule has 0 spiro atoms. The van der Waals surface area contributed by atoms with Crippen LogP contribution in [-0.2, 0) is 22.6 Å². The van der Waals surface area contributed by atoms with Gasteiger partial charge in [0.25, 0.3) is 0 Å². The van der Waals surface area contributed by atoms with Gasteiger partial charge in [0.05, 0.1) is 11.6 Å². The highest BCUT2D eigenvalue weighted by Gasteiger charge is 2.34. The first-order chi connectivity index (χ1) is 12.0. The lowest BCUT2D eigenvalue weighted by atomic mass is 9.99. The van der Waals surface area contributed by atoms with Crippen molar-refractivity contribution in [3.05, 3.63) is 29.1 Å². The van der Waals surface area contributed by atoms with Crippen LogP contribution in [0.25, 0.3) is 0 Å². The van der Waals surface area contributed by atoms with E-state index >= 15 is 0 Å². The van der Waals surface area contributed by atoms with Crippen molar-refractivity contribution in [3.8, 4) is 0 Å². The van der Waals surface area contributed by atoms with Crippen molar-refractivity contribution in [2.75, 3.05) is 45.6 Å². The number of halogens is 1. The number of hydrogen-bond donors (Lipinski definition) is 2. The number of nitrogens with zero attached hydrogens (tertiary/aromatic N) is 2. The Hall–Kier alpha value is -1.99. The maximum atomic E-state index is 14.6. The zero-order valence-corrected chi connectivity index (χ0v) is 14.8. The minimum Gasteiger partial charge on any atom is -0.341 e. The monoisotopic (exact) mass is 348 g/mol. The van der Waals surface area contributed by atoms with Crippen molar-refractivity contribution in [3.63, 3.8) is 0 Å². The SMILES string of the molecule is CN(C)CCN1CC(C(=O)Nc2ccc3c(c2F)CCNC3)CC1=O. The van der Waals surface area contributed by atoms with E-state index < -0.39 is 5.92 Å². The molecule has 0 bridgehead atoms. The summed E-state index contributed by atoms with van der Waals surface area (Å²) in [5.41, 5.74) is 1.82. The van der Waals surface area contributed by atoms with Gasteiger partial charge in [-0.2, -0.15) is 0 Å². The molecule has 1 unspecified atom stereocenters. The molecule has 2 aliphatic heterocycles. The van der Waals surface area contributed by atoms with E-state index in [2.05, 4.69) is 10.6 Å². The normalized spacial score (nSPS) is 20.1. The third-order valence-corrected chi connectivity index (χ3v) is 4.87. The molecule has 0 aliphatic carbocycles. The van der Waals surface area contributed by atoms with Crippen LogP contribution < -0.4 is 10.6 Å². The topological polar surface area (TPSA) is 64.7 Å². The molecule has 0 aromatic heterocycles. The highest BCUT2D eigenvalue weighted by atomic mass is 19.1. The Balaban J connectivity index is 1.64. The number of carbonyl (C=O) groups excluding carboxylic acids is 2. The molecular weight excluding hydrogens is 323 g/mol. The van der Waals surface area contributed by atoms with Crippen LogP contribution in [0.2, 0.25) is 0 Å². The van der Waals surface area contributed by atoms with Gasteiger partial charge in [-0.1, -0.05) is 6.07 Å². The first kappa shape index (κ1) is 17.8. The van der Waals surface area contributed by atoms with E-state index in [0.29, 0.717) is 31.6 Å². The van der Waals surface area contributed by atoms with E-state index in [-0.39, 0.29) is 29.7 Å². The van der Waals surface area contributed by atoms with Gasteiger partial charge in [-0.05, 0) is 44.3 Å². The molecule has 1 aromatic rings. The first-order valence-corrected chi connectivity index (χ1v) is 8.70. The summed E-state index contributed by atoms with van der Waals surface area (Å²) in [5, 5.41) is 5.89. The Kier molecular flexibility index (Phi) is 5.34. The zero-order valence-electron chi connectivity index (χ0n) is 14.8. The van der Waals surface area contributed by atoms with Crippen LogP contribution >= 0.6 is 0 Å². The second-order valence-corrected chi connectivity index (χ2v) is 7.02. The molecular formula is C18H25FN4O2. The molecule has 2 aliphatic rings. The second-order valence-electron chi connectivity index (χ2n) is 7.02. The Morgan fingerprint density at radius 2 is 2.24 bits per heavy atom. The maximum absolute atomic E-state index is 14.6. The van der Waals surface area contributed by atoms with Crippen LogP contribution in [-0.4, -0.2) is 61.9 Å². The summed E-state index contributed by atoms with van der Waals surface area (Å²) < 4.78 is 14.6. The average Bonchev–Trinajstić information content (AvgIpc) is 2.97. The van der Waals surface area contributed by atoms with Gasteiger partial charge in [0, 0.05) is 32.6 Å². The van der Waals surface area contributed by atoms with Crippen LogP contribution in [0.5, 0.6) is 0 Å². The van der Waals surface area contributed by atoms with Crippen molar-refractivity contribution >= 4 is 17.5 Å². The Bertz CT molecular complexity index is 677. The smallest absolute Gasteiger partial charge is 0.229 e. The van der Waals surface area contributed by atoms with Gasteiger partial charge in [0.15, 0.2) is 0 Å². The summed E-state index contributed by atoms with van der Waals surface area (Å²) in [6, 6.07) is 3.46. The molecule has 1 fully saturated rings. The van der Waals surface area contributed by atoms with E-state index in [0.717, 1.165) is 18.7 Å². The molecule has 3 rings (SSSR count). The van der Waals surface area contributed by atoms with E-state index in [4.69, 9.17) is 0 Å². The third-order valence-electron chi connectivity index (χ3n) is 4.87. The number of anilines is 1. The average molecular weight is 348 g/mol. The highest BCUT2D eigenvalue weighted by Crippen LogP contribution is 2.26. The number of likely N-dealkylation sites (tertiary alicyclic amines) is 1. The van der Waals surface area contributed by atoms with Gasteiger partial charge in [0.1, 0.15) is 5.82 Å². The predicted octanol–water partition coefficient (Wildman–Crippen LogP) is 0.820. The fourth-order valence-electron chi connectivity index (χ4n) is 3.35. The Morgan fingerprint density at radius 1 is 1.44 bits per heavy atom. The van der Waals surface area contributed by atoms with Crippen molar-refractivity contribution in [1.82, 2.24) is 15.1 Å².